The van der Waals surface area contributed by atoms with Crippen molar-refractivity contribution in [3.05, 3.63) is 42.4 Å². The van der Waals surface area contributed by atoms with Crippen LogP contribution < -0.4 is 9.47 Å². The summed E-state index contributed by atoms with van der Waals surface area (Å²) in [6, 6.07) is 8.17. The maximum atomic E-state index is 13.7. The number of nitrogens with zero attached hydrogens (tertiary/aromatic N) is 2. The topological polar surface area (TPSA) is 89.3 Å². The van der Waals surface area contributed by atoms with E-state index in [1.165, 1.54) is 6.07 Å². The van der Waals surface area contributed by atoms with E-state index in [0.717, 1.165) is 64.5 Å². The fraction of sp³-hybridized carbons (Fsp3) is 0.560. The van der Waals surface area contributed by atoms with E-state index in [1.54, 1.807) is 34.8 Å². The molecular formula is C25H32N2O6S. The molecule has 0 unspecified atom stereocenters. The number of hydrogen-bond acceptors (Lipinski definition) is 6. The van der Waals surface area contributed by atoms with Crippen LogP contribution in [-0.2, 0) is 21.4 Å². The number of carbonyl (C=O) groups excluding carboxylic acids is 1. The second kappa shape index (κ2) is 10.00. The van der Waals surface area contributed by atoms with Crippen molar-refractivity contribution in [1.29, 1.82) is 0 Å². The molecule has 0 spiro atoms. The summed E-state index contributed by atoms with van der Waals surface area (Å²) in [6.07, 6.45) is 8.86. The van der Waals surface area contributed by atoms with E-state index < -0.39 is 16.1 Å². The predicted molar refractivity (Wildman–Crippen MR) is 125 cm³/mol. The minimum absolute atomic E-state index is 0.0658. The van der Waals surface area contributed by atoms with Crippen LogP contribution in [0.2, 0.25) is 0 Å². The second-order valence-electron chi connectivity index (χ2n) is 9.33. The number of ether oxygens (including phenoxy) is 2. The van der Waals surface area contributed by atoms with Crippen LogP contribution in [0.1, 0.15) is 57.1 Å². The molecule has 1 atom stereocenters. The zero-order valence-electron chi connectivity index (χ0n) is 19.4. The Bertz CT molecular complexity index is 1090. The first-order valence-electron chi connectivity index (χ1n) is 12.3. The molecule has 0 N–H and O–H groups in total. The molecule has 9 heteroatoms. The molecule has 8 nitrogen and oxygen atoms in total. The summed E-state index contributed by atoms with van der Waals surface area (Å²) < 4.78 is 46.3. The zero-order chi connectivity index (χ0) is 23.5. The fourth-order valence-corrected chi connectivity index (χ4v) is 6.79. The Morgan fingerprint density at radius 3 is 2.50 bits per heavy atom. The van der Waals surface area contributed by atoms with Gasteiger partial charge in [-0.15, -0.1) is 0 Å². The van der Waals surface area contributed by atoms with Gasteiger partial charge in [0.15, 0.2) is 11.5 Å². The van der Waals surface area contributed by atoms with E-state index in [2.05, 4.69) is 0 Å². The van der Waals surface area contributed by atoms with Gasteiger partial charge in [-0.05, 0) is 56.4 Å². The van der Waals surface area contributed by atoms with Crippen LogP contribution in [0.3, 0.4) is 0 Å². The Labute approximate surface area is 200 Å². The van der Waals surface area contributed by atoms with Gasteiger partial charge in [0.25, 0.3) is 5.91 Å². The number of likely N-dealkylation sites (tertiary alicyclic amines) is 1. The molecule has 1 saturated carbocycles. The molecule has 0 bridgehead atoms. The first kappa shape index (κ1) is 23.2. The third kappa shape index (κ3) is 4.81. The number of piperidine rings is 1. The molecule has 0 radical (unpaired) electrons. The van der Waals surface area contributed by atoms with Crippen molar-refractivity contribution in [1.82, 2.24) is 9.21 Å². The smallest absolute Gasteiger partial charge is 0.267 e. The fourth-order valence-electron chi connectivity index (χ4n) is 5.12. The maximum absolute atomic E-state index is 13.7. The lowest BCUT2D eigenvalue weighted by atomic mass is 9.95. The number of fused-ring (bicyclic) bond motifs is 1. The van der Waals surface area contributed by atoms with Crippen LogP contribution in [0.25, 0.3) is 0 Å². The molecule has 184 valence electrons. The average Bonchev–Trinajstić information content (AvgIpc) is 3.40. The molecule has 34 heavy (non-hydrogen) atoms. The highest BCUT2D eigenvalue weighted by molar-refractivity contribution is 7.89. The van der Waals surface area contributed by atoms with Gasteiger partial charge in [-0.2, -0.15) is 4.31 Å². The van der Waals surface area contributed by atoms with Crippen LogP contribution in [0.5, 0.6) is 11.5 Å². The second-order valence-corrected chi connectivity index (χ2v) is 11.2. The monoisotopic (exact) mass is 488 g/mol. The molecule has 1 aromatic carbocycles. The normalized spacial score (nSPS) is 21.6. The van der Waals surface area contributed by atoms with Gasteiger partial charge < -0.3 is 18.8 Å². The van der Waals surface area contributed by atoms with Crippen molar-refractivity contribution < 1.29 is 27.1 Å². The molecule has 3 aliphatic rings. The minimum atomic E-state index is -3.79. The van der Waals surface area contributed by atoms with E-state index in [-0.39, 0.29) is 30.0 Å². The highest BCUT2D eigenvalue weighted by atomic mass is 32.2. The molecule has 1 saturated heterocycles. The van der Waals surface area contributed by atoms with Crippen LogP contribution in [0.15, 0.2) is 45.9 Å². The first-order valence-corrected chi connectivity index (χ1v) is 13.7. The van der Waals surface area contributed by atoms with Gasteiger partial charge in [0.1, 0.15) is 12.4 Å². The van der Waals surface area contributed by atoms with E-state index in [0.29, 0.717) is 17.3 Å². The van der Waals surface area contributed by atoms with Crippen LogP contribution in [0.4, 0.5) is 0 Å². The van der Waals surface area contributed by atoms with Gasteiger partial charge >= 0.3 is 0 Å². The number of rotatable bonds is 6. The Hall–Kier alpha value is -2.52. The third-order valence-electron chi connectivity index (χ3n) is 7.00. The summed E-state index contributed by atoms with van der Waals surface area (Å²) in [6.45, 7) is 1.76. The molecule has 3 heterocycles. The zero-order valence-corrected chi connectivity index (χ0v) is 20.2. The van der Waals surface area contributed by atoms with Crippen molar-refractivity contribution >= 4 is 15.9 Å². The van der Waals surface area contributed by atoms with E-state index in [9.17, 15) is 13.2 Å². The Morgan fingerprint density at radius 2 is 1.76 bits per heavy atom. The lowest BCUT2D eigenvalue weighted by Gasteiger charge is -2.34. The first-order chi connectivity index (χ1) is 16.5. The lowest BCUT2D eigenvalue weighted by molar-refractivity contribution is -0.142. The quantitative estimate of drug-likeness (QED) is 0.612. The highest BCUT2D eigenvalue weighted by Gasteiger charge is 2.36. The number of carbonyl (C=O) groups is 1. The van der Waals surface area contributed by atoms with Crippen LogP contribution in [-0.4, -0.2) is 55.4 Å². The summed E-state index contributed by atoms with van der Waals surface area (Å²) in [4.78, 5) is 14.8. The minimum Gasteiger partial charge on any atom is -0.485 e. The van der Waals surface area contributed by atoms with Crippen LogP contribution in [0, 0.1) is 0 Å². The van der Waals surface area contributed by atoms with Crippen LogP contribution >= 0.6 is 0 Å². The summed E-state index contributed by atoms with van der Waals surface area (Å²) in [5.41, 5.74) is 0. The van der Waals surface area contributed by atoms with E-state index in [4.69, 9.17) is 13.9 Å². The van der Waals surface area contributed by atoms with Gasteiger partial charge in [0, 0.05) is 25.2 Å². The largest absolute Gasteiger partial charge is 0.485 e. The van der Waals surface area contributed by atoms with Crippen molar-refractivity contribution in [3.8, 4) is 11.5 Å². The number of furan rings is 1. The summed E-state index contributed by atoms with van der Waals surface area (Å²) in [7, 11) is -3.79. The number of amides is 1. The van der Waals surface area contributed by atoms with Crippen molar-refractivity contribution in [2.75, 3.05) is 19.7 Å². The van der Waals surface area contributed by atoms with Crippen molar-refractivity contribution in [3.63, 3.8) is 0 Å². The number of sulfonamides is 1. The summed E-state index contributed by atoms with van der Waals surface area (Å²) in [5, 5.41) is 0. The molecular weight excluding hydrogens is 456 g/mol. The molecule has 2 aliphatic heterocycles. The van der Waals surface area contributed by atoms with Gasteiger partial charge in [-0.3, -0.25) is 4.79 Å². The molecule has 1 aromatic heterocycles. The van der Waals surface area contributed by atoms with Crippen molar-refractivity contribution in [2.45, 2.75) is 75.0 Å². The Balaban J connectivity index is 1.36. The molecule has 5 rings (SSSR count). The standard InChI is InChI=1S/C25H32N2O6S/c28-25(26-13-5-2-6-14-26)24-18-32-23-16-21(11-12-22(23)33-24)34(29,30)27(17-20-10-7-15-31-20)19-8-3-1-4-9-19/h7,10-12,15-16,19,24H,1-6,8-9,13-14,17-18H2/t24-/m0/s1. The van der Waals surface area contributed by atoms with Gasteiger partial charge in [0.05, 0.1) is 17.7 Å². The number of hydrogen-bond donors (Lipinski definition) is 0. The molecule has 2 fully saturated rings. The van der Waals surface area contributed by atoms with E-state index >= 15 is 0 Å². The summed E-state index contributed by atoms with van der Waals surface area (Å²) in [5.74, 6) is 1.30. The van der Waals surface area contributed by atoms with Gasteiger partial charge in [-0.25, -0.2) is 8.42 Å². The van der Waals surface area contributed by atoms with Crippen molar-refractivity contribution in [2.24, 2.45) is 0 Å². The van der Waals surface area contributed by atoms with E-state index in [1.807, 2.05) is 4.90 Å². The maximum Gasteiger partial charge on any atom is 0.267 e. The third-order valence-corrected chi connectivity index (χ3v) is 8.89. The predicted octanol–water partition coefficient (Wildman–Crippen LogP) is 3.96. The van der Waals surface area contributed by atoms with Gasteiger partial charge in [-0.1, -0.05) is 19.3 Å². The summed E-state index contributed by atoms with van der Waals surface area (Å²) >= 11 is 0. The molecule has 2 aromatic rings. The van der Waals surface area contributed by atoms with Gasteiger partial charge in [0.2, 0.25) is 16.1 Å². The highest BCUT2D eigenvalue weighted by Crippen LogP contribution is 2.37. The molecule has 1 aliphatic carbocycles. The number of benzene rings is 1. The average molecular weight is 489 g/mol. The SMILES string of the molecule is O=C([C@@H]1COc2cc(S(=O)(=O)N(Cc3ccco3)C3CCCCC3)ccc2O1)N1CCCCC1. The Morgan fingerprint density at radius 1 is 1.00 bits per heavy atom. The molecule has 1 amide bonds. The lowest BCUT2D eigenvalue weighted by Crippen LogP contribution is -2.48. The Kier molecular flexibility index (Phi) is 6.83.